The molecule has 0 fully saturated rings. The number of ether oxygens (including phenoxy) is 1. The summed E-state index contributed by atoms with van der Waals surface area (Å²) in [5, 5.41) is 27.3. The third-order valence-corrected chi connectivity index (χ3v) is 5.41. The normalized spacial score (nSPS) is 11.0. The van der Waals surface area contributed by atoms with Crippen molar-refractivity contribution in [3.05, 3.63) is 66.2 Å². The Balaban J connectivity index is 1.69. The lowest BCUT2D eigenvalue weighted by molar-refractivity contribution is -0.140. The van der Waals surface area contributed by atoms with Gasteiger partial charge in [-0.1, -0.05) is 29.5 Å². The van der Waals surface area contributed by atoms with E-state index in [1.807, 2.05) is 61.5 Å². The van der Waals surface area contributed by atoms with Crippen LogP contribution in [0, 0.1) is 11.3 Å². The summed E-state index contributed by atoms with van der Waals surface area (Å²) in [4.78, 5) is 13.5. The fraction of sp³-hybridized carbons (Fsp3) is 0.217. The van der Waals surface area contributed by atoms with E-state index >= 15 is 0 Å². The topological polar surface area (TPSA) is 103 Å². The highest BCUT2D eigenvalue weighted by molar-refractivity contribution is 7.19. The summed E-state index contributed by atoms with van der Waals surface area (Å²) in [5.74, 6) is -0.235. The monoisotopic (exact) mass is 446 g/mol. The molecule has 1 aromatic heterocycles. The minimum Gasteiger partial charge on any atom is -0.469 e. The first-order valence-corrected chi connectivity index (χ1v) is 10.8. The van der Waals surface area contributed by atoms with Gasteiger partial charge in [0.2, 0.25) is 0 Å². The number of nitrogens with zero attached hydrogens (tertiary/aromatic N) is 6. The van der Waals surface area contributed by atoms with Crippen molar-refractivity contribution in [3.8, 4) is 6.07 Å². The van der Waals surface area contributed by atoms with Crippen LogP contribution in [0.1, 0.15) is 18.9 Å². The van der Waals surface area contributed by atoms with Gasteiger partial charge in [0.15, 0.2) is 5.00 Å². The van der Waals surface area contributed by atoms with Crippen molar-refractivity contribution >= 4 is 44.4 Å². The molecule has 0 amide bonds. The number of nitriles is 1. The van der Waals surface area contributed by atoms with E-state index in [-0.39, 0.29) is 5.97 Å². The molecule has 0 spiro atoms. The van der Waals surface area contributed by atoms with Crippen LogP contribution >= 0.6 is 11.3 Å². The average Bonchev–Trinajstić information content (AvgIpc) is 3.25. The van der Waals surface area contributed by atoms with E-state index in [1.54, 1.807) is 6.07 Å². The average molecular weight is 447 g/mol. The van der Waals surface area contributed by atoms with Crippen molar-refractivity contribution in [2.75, 3.05) is 25.1 Å². The third kappa shape index (κ3) is 6.30. The molecule has 162 valence electrons. The van der Waals surface area contributed by atoms with Gasteiger partial charge in [0.25, 0.3) is 0 Å². The summed E-state index contributed by atoms with van der Waals surface area (Å²) in [6.07, 6.45) is 0.324. The summed E-state index contributed by atoms with van der Waals surface area (Å²) in [5.41, 5.74) is 2.77. The van der Waals surface area contributed by atoms with E-state index in [2.05, 4.69) is 31.4 Å². The Labute approximate surface area is 190 Å². The molecule has 0 aliphatic rings. The summed E-state index contributed by atoms with van der Waals surface area (Å²) in [6.45, 7) is 3.36. The standard InChI is InChI=1S/C23H22N6O2S/c1-3-29(14-13-22(30)31-2)20-11-9-19(10-12-20)26-28-23-17(16-24)15-21(32-23)27-25-18-7-5-4-6-8-18/h4-12,15H,3,13-14H2,1-2H3. The lowest BCUT2D eigenvalue weighted by Crippen LogP contribution is -2.25. The third-order valence-electron chi connectivity index (χ3n) is 4.51. The molecule has 0 radical (unpaired) electrons. The number of rotatable bonds is 9. The zero-order chi connectivity index (χ0) is 22.8. The molecule has 9 heteroatoms. The molecule has 0 unspecified atom stereocenters. The Morgan fingerprint density at radius 1 is 1.03 bits per heavy atom. The largest absolute Gasteiger partial charge is 0.469 e. The van der Waals surface area contributed by atoms with Gasteiger partial charge in [-0.3, -0.25) is 4.79 Å². The highest BCUT2D eigenvalue weighted by Crippen LogP contribution is 2.37. The summed E-state index contributed by atoms with van der Waals surface area (Å²) < 4.78 is 4.70. The summed E-state index contributed by atoms with van der Waals surface area (Å²) in [7, 11) is 1.39. The number of anilines is 1. The van der Waals surface area contributed by atoms with Crippen molar-refractivity contribution < 1.29 is 9.53 Å². The van der Waals surface area contributed by atoms with Gasteiger partial charge in [-0.25, -0.2) is 0 Å². The maximum absolute atomic E-state index is 11.4. The number of hydrogen-bond acceptors (Lipinski definition) is 9. The maximum Gasteiger partial charge on any atom is 0.307 e. The molecule has 8 nitrogen and oxygen atoms in total. The van der Waals surface area contributed by atoms with Crippen LogP contribution in [0.15, 0.2) is 81.1 Å². The molecule has 0 atom stereocenters. The maximum atomic E-state index is 11.4. The van der Waals surface area contributed by atoms with Crippen molar-refractivity contribution in [1.82, 2.24) is 0 Å². The van der Waals surface area contributed by atoms with E-state index in [1.165, 1.54) is 18.4 Å². The lowest BCUT2D eigenvalue weighted by Gasteiger charge is -2.22. The fourth-order valence-corrected chi connectivity index (χ4v) is 3.56. The Morgan fingerprint density at radius 3 is 2.38 bits per heavy atom. The van der Waals surface area contributed by atoms with Gasteiger partial charge in [-0.15, -0.1) is 20.5 Å². The predicted octanol–water partition coefficient (Wildman–Crippen LogP) is 6.84. The van der Waals surface area contributed by atoms with Crippen LogP contribution in [0.4, 0.5) is 27.1 Å². The van der Waals surface area contributed by atoms with Gasteiger partial charge < -0.3 is 9.64 Å². The molecule has 0 N–H and O–H groups in total. The van der Waals surface area contributed by atoms with Gasteiger partial charge in [0.1, 0.15) is 11.1 Å². The number of esters is 1. The number of carbonyl (C=O) groups excluding carboxylic acids is 1. The lowest BCUT2D eigenvalue weighted by atomic mass is 10.2. The molecule has 32 heavy (non-hydrogen) atoms. The Bertz CT molecular complexity index is 1130. The van der Waals surface area contributed by atoms with Crippen LogP contribution < -0.4 is 4.90 Å². The number of carbonyl (C=O) groups is 1. The SMILES string of the molecule is CCN(CCC(=O)OC)c1ccc(N=Nc2sc(N=Nc3ccccc3)cc2C#N)cc1. The van der Waals surface area contributed by atoms with Crippen molar-refractivity contribution in [2.45, 2.75) is 13.3 Å². The van der Waals surface area contributed by atoms with Gasteiger partial charge in [0.05, 0.1) is 30.5 Å². The zero-order valence-electron chi connectivity index (χ0n) is 17.8. The molecule has 0 aliphatic heterocycles. The van der Waals surface area contributed by atoms with Crippen LogP contribution in [0.5, 0.6) is 0 Å². The highest BCUT2D eigenvalue weighted by atomic mass is 32.1. The van der Waals surface area contributed by atoms with Crippen LogP contribution in [-0.4, -0.2) is 26.2 Å². The number of benzene rings is 2. The number of methoxy groups -OCH3 is 1. The second-order valence-electron chi connectivity index (χ2n) is 6.57. The smallest absolute Gasteiger partial charge is 0.307 e. The molecule has 3 aromatic rings. The Hall–Kier alpha value is -3.90. The van der Waals surface area contributed by atoms with Crippen molar-refractivity contribution in [3.63, 3.8) is 0 Å². The molecular formula is C23H22N6O2S. The summed E-state index contributed by atoms with van der Waals surface area (Å²) in [6, 6.07) is 20.7. The fourth-order valence-electron chi connectivity index (χ4n) is 2.81. The Morgan fingerprint density at radius 2 is 1.72 bits per heavy atom. The molecule has 0 saturated heterocycles. The van der Waals surface area contributed by atoms with Crippen molar-refractivity contribution in [1.29, 1.82) is 5.26 Å². The van der Waals surface area contributed by atoms with Gasteiger partial charge in [0, 0.05) is 18.8 Å². The molecule has 0 saturated carbocycles. The van der Waals surface area contributed by atoms with E-state index in [9.17, 15) is 10.1 Å². The highest BCUT2D eigenvalue weighted by Gasteiger charge is 2.10. The van der Waals surface area contributed by atoms with Gasteiger partial charge in [-0.2, -0.15) is 5.26 Å². The summed E-state index contributed by atoms with van der Waals surface area (Å²) >= 11 is 1.25. The van der Waals surface area contributed by atoms with E-state index in [0.29, 0.717) is 34.2 Å². The van der Waals surface area contributed by atoms with Crippen LogP contribution in [0.25, 0.3) is 0 Å². The molecular weight excluding hydrogens is 424 g/mol. The first kappa shape index (κ1) is 22.8. The predicted molar refractivity (Wildman–Crippen MR) is 125 cm³/mol. The second-order valence-corrected chi connectivity index (χ2v) is 7.58. The number of thiophene rings is 1. The quantitative estimate of drug-likeness (QED) is 0.265. The van der Waals surface area contributed by atoms with Crippen LogP contribution in [0.2, 0.25) is 0 Å². The number of hydrogen-bond donors (Lipinski definition) is 0. The molecule has 0 bridgehead atoms. The van der Waals surface area contributed by atoms with E-state index in [4.69, 9.17) is 4.74 Å². The first-order chi connectivity index (χ1) is 15.6. The van der Waals surface area contributed by atoms with Gasteiger partial charge in [-0.05, 0) is 49.4 Å². The second kappa shape index (κ2) is 11.5. The van der Waals surface area contributed by atoms with E-state index in [0.717, 1.165) is 17.9 Å². The minimum absolute atomic E-state index is 0.235. The van der Waals surface area contributed by atoms with Crippen LogP contribution in [0.3, 0.4) is 0 Å². The Kier molecular flexibility index (Phi) is 8.17. The molecule has 3 rings (SSSR count). The van der Waals surface area contributed by atoms with Crippen molar-refractivity contribution in [2.24, 2.45) is 20.5 Å². The molecule has 2 aromatic carbocycles. The zero-order valence-corrected chi connectivity index (χ0v) is 18.6. The van der Waals surface area contributed by atoms with E-state index < -0.39 is 0 Å². The first-order valence-electron chi connectivity index (χ1n) is 9.97. The molecule has 0 aliphatic carbocycles. The molecule has 1 heterocycles. The number of azo groups is 2. The van der Waals surface area contributed by atoms with Gasteiger partial charge >= 0.3 is 5.97 Å². The minimum atomic E-state index is -0.235. The van der Waals surface area contributed by atoms with Crippen LogP contribution in [-0.2, 0) is 9.53 Å².